The van der Waals surface area contributed by atoms with E-state index < -0.39 is 0 Å². The van der Waals surface area contributed by atoms with Crippen LogP contribution in [0.4, 0.5) is 11.5 Å². The third kappa shape index (κ3) is 5.00. The number of carbonyl (C=O) groups is 1. The Morgan fingerprint density at radius 2 is 1.94 bits per heavy atom. The highest BCUT2D eigenvalue weighted by atomic mass is 16.5. The molecule has 1 atom stereocenters. The minimum absolute atomic E-state index is 0.103. The number of nitrogens with one attached hydrogen (secondary N) is 2. The van der Waals surface area contributed by atoms with Gasteiger partial charge in [0.1, 0.15) is 23.6 Å². The molecule has 168 valence electrons. The number of ether oxygens (including phenoxy) is 1. The van der Waals surface area contributed by atoms with E-state index in [4.69, 9.17) is 4.74 Å². The Balaban J connectivity index is 1.37. The molecule has 6 nitrogen and oxygen atoms in total. The first-order chi connectivity index (χ1) is 16.6. The number of rotatable bonds is 4. The molecule has 1 aromatic heterocycles. The Morgan fingerprint density at radius 1 is 1.06 bits per heavy atom. The minimum atomic E-state index is 0.103. The van der Waals surface area contributed by atoms with Gasteiger partial charge in [-0.15, -0.1) is 0 Å². The standard InChI is InChI=1S/C28H24N4O2/c1-19-15-22(11-13-26(19)34-23-5-3-2-4-6-23)32-28-24-16-20(9-12-25(24)30-18-31-28)7-8-21-10-14-27(33)29-17-21/h2-6,9,11-13,15-16,18,21H,10,14,17H2,1H3,(H,29,33)(H,30,31,32). The largest absolute Gasteiger partial charge is 0.457 e. The normalized spacial score (nSPS) is 15.2. The van der Waals surface area contributed by atoms with Crippen LogP contribution in [0, 0.1) is 24.7 Å². The van der Waals surface area contributed by atoms with Crippen LogP contribution in [0.2, 0.25) is 0 Å². The zero-order chi connectivity index (χ0) is 23.3. The van der Waals surface area contributed by atoms with Crippen molar-refractivity contribution in [2.45, 2.75) is 19.8 Å². The Bertz CT molecular complexity index is 1400. The summed E-state index contributed by atoms with van der Waals surface area (Å²) in [7, 11) is 0. The lowest BCUT2D eigenvalue weighted by Crippen LogP contribution is -2.34. The van der Waals surface area contributed by atoms with Gasteiger partial charge in [0, 0.05) is 35.5 Å². The van der Waals surface area contributed by atoms with Crippen molar-refractivity contribution in [3.8, 4) is 23.3 Å². The number of anilines is 2. The molecule has 1 saturated heterocycles. The summed E-state index contributed by atoms with van der Waals surface area (Å²) in [6, 6.07) is 21.6. The maximum Gasteiger partial charge on any atom is 0.220 e. The molecule has 1 aliphatic rings. The molecule has 0 bridgehead atoms. The van der Waals surface area contributed by atoms with E-state index in [-0.39, 0.29) is 11.8 Å². The highest BCUT2D eigenvalue weighted by Crippen LogP contribution is 2.30. The monoisotopic (exact) mass is 448 g/mol. The van der Waals surface area contributed by atoms with E-state index in [1.807, 2.05) is 73.7 Å². The number of fused-ring (bicyclic) bond motifs is 1. The summed E-state index contributed by atoms with van der Waals surface area (Å²) in [6.45, 7) is 2.63. The van der Waals surface area contributed by atoms with Crippen LogP contribution in [-0.4, -0.2) is 22.4 Å². The molecular weight excluding hydrogens is 424 g/mol. The molecule has 0 radical (unpaired) electrons. The fraction of sp³-hybridized carbons (Fsp3) is 0.179. The van der Waals surface area contributed by atoms with Gasteiger partial charge in [0.25, 0.3) is 0 Å². The van der Waals surface area contributed by atoms with Crippen molar-refractivity contribution < 1.29 is 9.53 Å². The topological polar surface area (TPSA) is 76.1 Å². The molecule has 0 saturated carbocycles. The Kier molecular flexibility index (Phi) is 6.09. The molecule has 1 aliphatic heterocycles. The molecule has 0 aliphatic carbocycles. The fourth-order valence-electron chi connectivity index (χ4n) is 3.87. The minimum Gasteiger partial charge on any atom is -0.457 e. The summed E-state index contributed by atoms with van der Waals surface area (Å²) in [4.78, 5) is 20.2. The van der Waals surface area contributed by atoms with Gasteiger partial charge in [-0.3, -0.25) is 4.79 Å². The first-order valence-electron chi connectivity index (χ1n) is 11.3. The highest BCUT2D eigenvalue weighted by Gasteiger charge is 2.15. The van der Waals surface area contributed by atoms with Gasteiger partial charge in [-0.2, -0.15) is 0 Å². The van der Waals surface area contributed by atoms with Gasteiger partial charge in [0.15, 0.2) is 0 Å². The average molecular weight is 449 g/mol. The number of hydrogen-bond donors (Lipinski definition) is 2. The quantitative estimate of drug-likeness (QED) is 0.412. The van der Waals surface area contributed by atoms with E-state index in [0.29, 0.717) is 13.0 Å². The lowest BCUT2D eigenvalue weighted by Gasteiger charge is -2.17. The maximum absolute atomic E-state index is 11.4. The third-order valence-corrected chi connectivity index (χ3v) is 5.73. The number of carbonyl (C=O) groups excluding carboxylic acids is 1. The van der Waals surface area contributed by atoms with Crippen LogP contribution in [0.3, 0.4) is 0 Å². The fourth-order valence-corrected chi connectivity index (χ4v) is 3.87. The summed E-state index contributed by atoms with van der Waals surface area (Å²) in [5.41, 5.74) is 3.66. The van der Waals surface area contributed by atoms with E-state index in [2.05, 4.69) is 32.4 Å². The van der Waals surface area contributed by atoms with Crippen molar-refractivity contribution in [2.24, 2.45) is 5.92 Å². The summed E-state index contributed by atoms with van der Waals surface area (Å²) in [6.07, 6.45) is 2.89. The van der Waals surface area contributed by atoms with Gasteiger partial charge < -0.3 is 15.4 Å². The van der Waals surface area contributed by atoms with E-state index in [1.165, 1.54) is 0 Å². The number of amides is 1. The van der Waals surface area contributed by atoms with E-state index in [9.17, 15) is 4.79 Å². The van der Waals surface area contributed by atoms with Crippen molar-refractivity contribution in [3.05, 3.63) is 84.2 Å². The van der Waals surface area contributed by atoms with Crippen LogP contribution in [0.1, 0.15) is 24.0 Å². The van der Waals surface area contributed by atoms with Crippen molar-refractivity contribution in [1.29, 1.82) is 0 Å². The van der Waals surface area contributed by atoms with Crippen molar-refractivity contribution >= 4 is 28.3 Å². The molecule has 1 amide bonds. The van der Waals surface area contributed by atoms with Crippen molar-refractivity contribution in [3.63, 3.8) is 0 Å². The van der Waals surface area contributed by atoms with Gasteiger partial charge in [-0.25, -0.2) is 9.97 Å². The zero-order valence-electron chi connectivity index (χ0n) is 18.8. The predicted molar refractivity (Wildman–Crippen MR) is 133 cm³/mol. The van der Waals surface area contributed by atoms with Crippen LogP contribution in [0.15, 0.2) is 73.1 Å². The summed E-state index contributed by atoms with van der Waals surface area (Å²) in [5.74, 6) is 9.15. The maximum atomic E-state index is 11.4. The molecule has 1 unspecified atom stereocenters. The summed E-state index contributed by atoms with van der Waals surface area (Å²) in [5, 5.41) is 7.19. The van der Waals surface area contributed by atoms with Crippen LogP contribution < -0.4 is 15.4 Å². The van der Waals surface area contributed by atoms with E-state index in [1.54, 1.807) is 6.33 Å². The average Bonchev–Trinajstić information content (AvgIpc) is 2.86. The smallest absolute Gasteiger partial charge is 0.220 e. The molecule has 0 spiro atoms. The zero-order valence-corrected chi connectivity index (χ0v) is 18.8. The highest BCUT2D eigenvalue weighted by molar-refractivity contribution is 5.91. The molecule has 2 heterocycles. The van der Waals surface area contributed by atoms with Crippen LogP contribution in [0.25, 0.3) is 10.9 Å². The molecule has 4 aromatic rings. The Labute approximate surface area is 198 Å². The number of para-hydroxylation sites is 1. The number of aryl methyl sites for hydroxylation is 1. The molecule has 6 heteroatoms. The number of piperidine rings is 1. The third-order valence-electron chi connectivity index (χ3n) is 5.73. The lowest BCUT2D eigenvalue weighted by atomic mass is 9.99. The molecule has 3 aromatic carbocycles. The lowest BCUT2D eigenvalue weighted by molar-refractivity contribution is -0.122. The van der Waals surface area contributed by atoms with Gasteiger partial charge in [0.2, 0.25) is 5.91 Å². The van der Waals surface area contributed by atoms with Gasteiger partial charge in [-0.1, -0.05) is 30.0 Å². The van der Waals surface area contributed by atoms with Crippen LogP contribution in [-0.2, 0) is 4.79 Å². The number of nitrogens with zero attached hydrogens (tertiary/aromatic N) is 2. The second-order valence-corrected chi connectivity index (χ2v) is 8.28. The van der Waals surface area contributed by atoms with Gasteiger partial charge in [0.05, 0.1) is 5.52 Å². The SMILES string of the molecule is Cc1cc(Nc2ncnc3ccc(C#CC4CCC(=O)NC4)cc23)ccc1Oc1ccccc1. The second-order valence-electron chi connectivity index (χ2n) is 8.28. The van der Waals surface area contributed by atoms with Gasteiger partial charge in [-0.05, 0) is 67.4 Å². The molecule has 2 N–H and O–H groups in total. The second kappa shape index (κ2) is 9.63. The Hall–Kier alpha value is -4.37. The molecular formula is C28H24N4O2. The number of aromatic nitrogens is 2. The predicted octanol–water partition coefficient (Wildman–Crippen LogP) is 5.35. The van der Waals surface area contributed by atoms with Crippen LogP contribution in [0.5, 0.6) is 11.5 Å². The van der Waals surface area contributed by atoms with Crippen molar-refractivity contribution in [1.82, 2.24) is 15.3 Å². The molecule has 34 heavy (non-hydrogen) atoms. The summed E-state index contributed by atoms with van der Waals surface area (Å²) >= 11 is 0. The van der Waals surface area contributed by atoms with Crippen LogP contribution >= 0.6 is 0 Å². The summed E-state index contributed by atoms with van der Waals surface area (Å²) < 4.78 is 5.99. The van der Waals surface area contributed by atoms with E-state index >= 15 is 0 Å². The van der Waals surface area contributed by atoms with Gasteiger partial charge >= 0.3 is 0 Å². The van der Waals surface area contributed by atoms with Crippen molar-refractivity contribution in [2.75, 3.05) is 11.9 Å². The molecule has 1 fully saturated rings. The first-order valence-corrected chi connectivity index (χ1v) is 11.3. The van der Waals surface area contributed by atoms with E-state index in [0.717, 1.165) is 51.5 Å². The molecule has 5 rings (SSSR count). The Morgan fingerprint density at radius 3 is 2.74 bits per heavy atom. The first kappa shape index (κ1) is 21.5. The number of hydrogen-bond acceptors (Lipinski definition) is 5. The number of benzene rings is 3.